The summed E-state index contributed by atoms with van der Waals surface area (Å²) in [6, 6.07) is 0. The molecular weight excluding hydrogens is 196 g/mol. The Morgan fingerprint density at radius 3 is 2.56 bits per heavy atom. The lowest BCUT2D eigenvalue weighted by molar-refractivity contribution is -0.127. The van der Waals surface area contributed by atoms with E-state index in [0.717, 1.165) is 12.3 Å². The van der Waals surface area contributed by atoms with Gasteiger partial charge in [0.2, 0.25) is 0 Å². The first-order chi connectivity index (χ1) is 7.42. The van der Waals surface area contributed by atoms with Crippen LogP contribution in [0.5, 0.6) is 0 Å². The smallest absolute Gasteiger partial charge is 0.159 e. The summed E-state index contributed by atoms with van der Waals surface area (Å²) < 4.78 is 0. The van der Waals surface area contributed by atoms with Crippen LogP contribution < -0.4 is 0 Å². The molecule has 1 rings (SSSR count). The minimum absolute atomic E-state index is 0.162. The second kappa shape index (κ2) is 5.16. The van der Waals surface area contributed by atoms with Crippen LogP contribution >= 0.6 is 0 Å². The van der Waals surface area contributed by atoms with Gasteiger partial charge >= 0.3 is 0 Å². The van der Waals surface area contributed by atoms with Gasteiger partial charge in [0.05, 0.1) is 0 Å². The van der Waals surface area contributed by atoms with E-state index in [-0.39, 0.29) is 11.3 Å². The van der Waals surface area contributed by atoms with E-state index in [0.29, 0.717) is 11.7 Å². The quantitative estimate of drug-likeness (QED) is 0.653. The van der Waals surface area contributed by atoms with Crippen LogP contribution in [0.3, 0.4) is 0 Å². The highest BCUT2D eigenvalue weighted by atomic mass is 16.1. The molecule has 3 atom stereocenters. The van der Waals surface area contributed by atoms with Crippen LogP contribution in [-0.4, -0.2) is 5.78 Å². The largest absolute Gasteiger partial charge is 0.295 e. The maximum absolute atomic E-state index is 12.2. The summed E-state index contributed by atoms with van der Waals surface area (Å²) in [4.78, 5) is 12.2. The van der Waals surface area contributed by atoms with Gasteiger partial charge < -0.3 is 0 Å². The van der Waals surface area contributed by atoms with E-state index >= 15 is 0 Å². The summed E-state index contributed by atoms with van der Waals surface area (Å²) in [6.07, 6.45) is 7.17. The van der Waals surface area contributed by atoms with Crippen molar-refractivity contribution in [3.63, 3.8) is 0 Å². The second-order valence-corrected chi connectivity index (χ2v) is 6.08. The molecule has 16 heavy (non-hydrogen) atoms. The van der Waals surface area contributed by atoms with E-state index in [1.165, 1.54) is 12.8 Å². The second-order valence-electron chi connectivity index (χ2n) is 6.08. The first kappa shape index (κ1) is 13.5. The van der Waals surface area contributed by atoms with Crippen molar-refractivity contribution in [2.75, 3.05) is 0 Å². The molecule has 2 unspecified atom stereocenters. The van der Waals surface area contributed by atoms with Crippen molar-refractivity contribution in [3.05, 3.63) is 12.2 Å². The van der Waals surface area contributed by atoms with E-state index in [1.54, 1.807) is 6.08 Å². The highest BCUT2D eigenvalue weighted by Crippen LogP contribution is 2.48. The van der Waals surface area contributed by atoms with Crippen molar-refractivity contribution in [1.29, 1.82) is 0 Å². The molecule has 0 saturated heterocycles. The zero-order chi connectivity index (χ0) is 12.3. The number of allylic oxidation sites excluding steroid dienone is 2. The van der Waals surface area contributed by atoms with E-state index in [2.05, 4.69) is 27.7 Å². The summed E-state index contributed by atoms with van der Waals surface area (Å²) in [5.41, 5.74) is 0.162. The molecule has 0 heterocycles. The Kier molecular flexibility index (Phi) is 4.35. The lowest BCUT2D eigenvalue weighted by atomic mass is 9.58. The van der Waals surface area contributed by atoms with Gasteiger partial charge in [-0.2, -0.15) is 0 Å². The fraction of sp³-hybridized carbons (Fsp3) is 0.800. The van der Waals surface area contributed by atoms with Crippen LogP contribution in [-0.2, 0) is 4.79 Å². The Bertz CT molecular complexity index is 275. The third kappa shape index (κ3) is 2.75. The zero-order valence-corrected chi connectivity index (χ0v) is 11.4. The number of hydrogen-bond donors (Lipinski definition) is 0. The first-order valence-electron chi connectivity index (χ1n) is 6.59. The van der Waals surface area contributed by atoms with Crippen LogP contribution in [0.4, 0.5) is 0 Å². The van der Waals surface area contributed by atoms with Gasteiger partial charge in [-0.25, -0.2) is 0 Å². The zero-order valence-electron chi connectivity index (χ0n) is 11.4. The summed E-state index contributed by atoms with van der Waals surface area (Å²) in [5.74, 6) is 1.90. The van der Waals surface area contributed by atoms with E-state index < -0.39 is 0 Å². The summed E-state index contributed by atoms with van der Waals surface area (Å²) in [6.45, 7) is 11.0. The fourth-order valence-electron chi connectivity index (χ4n) is 3.69. The van der Waals surface area contributed by atoms with Crippen molar-refractivity contribution in [2.24, 2.45) is 23.2 Å². The highest BCUT2D eigenvalue weighted by Gasteiger charge is 2.43. The number of carbonyl (C=O) groups excluding carboxylic acids is 1. The highest BCUT2D eigenvalue weighted by molar-refractivity contribution is 5.92. The summed E-state index contributed by atoms with van der Waals surface area (Å²) in [5, 5.41) is 0. The van der Waals surface area contributed by atoms with Gasteiger partial charge in [-0.1, -0.05) is 40.2 Å². The Balaban J connectivity index is 2.95. The molecule has 1 aliphatic rings. The van der Waals surface area contributed by atoms with Crippen molar-refractivity contribution in [1.82, 2.24) is 0 Å². The molecule has 0 N–H and O–H groups in total. The van der Waals surface area contributed by atoms with Crippen LogP contribution in [0.2, 0.25) is 0 Å². The summed E-state index contributed by atoms with van der Waals surface area (Å²) >= 11 is 0. The predicted molar refractivity (Wildman–Crippen MR) is 69.3 cm³/mol. The number of hydrogen-bond acceptors (Lipinski definition) is 1. The molecule has 1 aliphatic carbocycles. The molecule has 0 radical (unpaired) electrons. The van der Waals surface area contributed by atoms with E-state index in [1.807, 2.05) is 13.0 Å². The average Bonchev–Trinajstić information content (AvgIpc) is 2.14. The van der Waals surface area contributed by atoms with Gasteiger partial charge in [0.25, 0.3) is 0 Å². The SMILES string of the molecule is C/C=C/C(=O)C1C(CC)C[C@H](C)CC1(C)C. The Morgan fingerprint density at radius 1 is 1.44 bits per heavy atom. The Labute approximate surface area is 100 Å². The van der Waals surface area contributed by atoms with Gasteiger partial charge in [0, 0.05) is 5.92 Å². The third-order valence-electron chi connectivity index (χ3n) is 4.05. The molecule has 0 aromatic carbocycles. The molecule has 0 bridgehead atoms. The van der Waals surface area contributed by atoms with E-state index in [4.69, 9.17) is 0 Å². The molecule has 92 valence electrons. The maximum atomic E-state index is 12.2. The van der Waals surface area contributed by atoms with Crippen molar-refractivity contribution >= 4 is 5.78 Å². The molecule has 1 nitrogen and oxygen atoms in total. The van der Waals surface area contributed by atoms with Crippen LogP contribution in [0.15, 0.2) is 12.2 Å². The third-order valence-corrected chi connectivity index (χ3v) is 4.05. The van der Waals surface area contributed by atoms with Gasteiger partial charge in [0.15, 0.2) is 5.78 Å². The van der Waals surface area contributed by atoms with Gasteiger partial charge in [-0.3, -0.25) is 4.79 Å². The van der Waals surface area contributed by atoms with Crippen molar-refractivity contribution in [3.8, 4) is 0 Å². The Hall–Kier alpha value is -0.590. The topological polar surface area (TPSA) is 17.1 Å². The number of carbonyl (C=O) groups is 1. The van der Waals surface area contributed by atoms with Crippen LogP contribution in [0.1, 0.15) is 53.9 Å². The predicted octanol–water partition coefficient (Wildman–Crippen LogP) is 4.23. The maximum Gasteiger partial charge on any atom is 0.159 e. The molecule has 0 aliphatic heterocycles. The van der Waals surface area contributed by atoms with Crippen molar-refractivity contribution in [2.45, 2.75) is 53.9 Å². The van der Waals surface area contributed by atoms with Gasteiger partial charge in [-0.05, 0) is 43.1 Å². The Morgan fingerprint density at radius 2 is 2.06 bits per heavy atom. The minimum Gasteiger partial charge on any atom is -0.295 e. The molecule has 1 fully saturated rings. The van der Waals surface area contributed by atoms with Crippen LogP contribution in [0.25, 0.3) is 0 Å². The molecule has 0 aromatic heterocycles. The number of ketones is 1. The number of rotatable bonds is 3. The molecule has 0 amide bonds. The molecule has 1 saturated carbocycles. The molecule has 0 aromatic rings. The standard InChI is InChI=1S/C15H26O/c1-6-8-13(16)14-12(7-2)9-11(3)10-15(14,4)5/h6,8,11-12,14H,7,9-10H2,1-5H3/b8-6+/t11-,12?,14?/m0/s1. The molecular formula is C15H26O. The van der Waals surface area contributed by atoms with E-state index in [9.17, 15) is 4.79 Å². The fourth-order valence-corrected chi connectivity index (χ4v) is 3.69. The lowest BCUT2D eigenvalue weighted by Gasteiger charge is -2.45. The van der Waals surface area contributed by atoms with Crippen LogP contribution in [0, 0.1) is 23.2 Å². The van der Waals surface area contributed by atoms with Gasteiger partial charge in [-0.15, -0.1) is 0 Å². The lowest BCUT2D eigenvalue weighted by Crippen LogP contribution is -2.42. The van der Waals surface area contributed by atoms with Crippen molar-refractivity contribution < 1.29 is 4.79 Å². The summed E-state index contributed by atoms with van der Waals surface area (Å²) in [7, 11) is 0. The normalized spacial score (nSPS) is 34.2. The monoisotopic (exact) mass is 222 g/mol. The van der Waals surface area contributed by atoms with Gasteiger partial charge in [0.1, 0.15) is 0 Å². The molecule has 0 spiro atoms. The first-order valence-corrected chi connectivity index (χ1v) is 6.59. The minimum atomic E-state index is 0.162. The molecule has 1 heteroatoms. The average molecular weight is 222 g/mol.